The van der Waals surface area contributed by atoms with E-state index in [1.807, 2.05) is 18.7 Å². The van der Waals surface area contributed by atoms with Gasteiger partial charge in [0, 0.05) is 18.9 Å². The first-order chi connectivity index (χ1) is 8.81. The predicted octanol–water partition coefficient (Wildman–Crippen LogP) is 1.01. The summed E-state index contributed by atoms with van der Waals surface area (Å²) in [4.78, 5) is 8.44. The highest BCUT2D eigenvalue weighted by molar-refractivity contribution is 5.33. The molecule has 2 aromatic rings. The molecule has 96 valence electrons. The zero-order valence-corrected chi connectivity index (χ0v) is 10.8. The number of aromatic nitrogens is 4. The molecule has 1 unspecified atom stereocenters. The molecule has 2 heterocycles. The van der Waals surface area contributed by atoms with Crippen molar-refractivity contribution in [3.05, 3.63) is 36.2 Å². The van der Waals surface area contributed by atoms with Crippen LogP contribution in [0.2, 0.25) is 0 Å². The molecule has 0 spiro atoms. The lowest BCUT2D eigenvalue weighted by Crippen LogP contribution is -2.23. The van der Waals surface area contributed by atoms with Crippen molar-refractivity contribution in [1.29, 1.82) is 0 Å². The van der Waals surface area contributed by atoms with Crippen LogP contribution in [-0.2, 0) is 6.54 Å². The maximum atomic E-state index is 5.36. The number of nitrogens with one attached hydrogen (secondary N) is 1. The maximum Gasteiger partial charge on any atom is 0.161 e. The lowest BCUT2D eigenvalue weighted by atomic mass is 10.1. The second-order valence-corrected chi connectivity index (χ2v) is 3.77. The molecule has 0 amide bonds. The molecule has 2 aromatic heterocycles. The van der Waals surface area contributed by atoms with Gasteiger partial charge in [0.15, 0.2) is 5.75 Å². The lowest BCUT2D eigenvalue weighted by Gasteiger charge is -2.17. The molecule has 6 nitrogen and oxygen atoms in total. The minimum atomic E-state index is -0.0869. The third kappa shape index (κ3) is 2.19. The van der Waals surface area contributed by atoms with Gasteiger partial charge in [-0.2, -0.15) is 5.10 Å². The Hall–Kier alpha value is -1.95. The predicted molar refractivity (Wildman–Crippen MR) is 67.4 cm³/mol. The second kappa shape index (κ2) is 5.59. The average molecular weight is 247 g/mol. The third-order valence-corrected chi connectivity index (χ3v) is 2.81. The summed E-state index contributed by atoms with van der Waals surface area (Å²) in [7, 11) is 3.52. The topological polar surface area (TPSA) is 64.9 Å². The van der Waals surface area contributed by atoms with Crippen molar-refractivity contribution < 1.29 is 4.74 Å². The zero-order valence-electron chi connectivity index (χ0n) is 10.8. The number of hydrogen-bond donors (Lipinski definition) is 1. The summed E-state index contributed by atoms with van der Waals surface area (Å²) in [5, 5.41) is 7.53. The van der Waals surface area contributed by atoms with Gasteiger partial charge in [0.1, 0.15) is 5.69 Å². The molecule has 18 heavy (non-hydrogen) atoms. The fourth-order valence-electron chi connectivity index (χ4n) is 1.96. The molecule has 0 aliphatic rings. The summed E-state index contributed by atoms with van der Waals surface area (Å²) in [5.74, 6) is 0.752. The summed E-state index contributed by atoms with van der Waals surface area (Å²) < 4.78 is 7.26. The van der Waals surface area contributed by atoms with Crippen molar-refractivity contribution >= 4 is 0 Å². The van der Waals surface area contributed by atoms with E-state index in [-0.39, 0.29) is 6.04 Å². The van der Waals surface area contributed by atoms with E-state index in [1.165, 1.54) is 0 Å². The summed E-state index contributed by atoms with van der Waals surface area (Å²) >= 11 is 0. The Kier molecular flexibility index (Phi) is 3.88. The first kappa shape index (κ1) is 12.5. The highest BCUT2D eigenvalue weighted by atomic mass is 16.5. The standard InChI is InChI=1S/C12H17N5O/c1-4-17-12(10(18-3)8-16-17)11(13-2)9-7-14-5-6-15-9/h5-8,11,13H,4H2,1-3H3. The van der Waals surface area contributed by atoms with Crippen molar-refractivity contribution in [2.45, 2.75) is 19.5 Å². The summed E-state index contributed by atoms with van der Waals surface area (Å²) in [6.07, 6.45) is 6.80. The Balaban J connectivity index is 2.47. The molecular weight excluding hydrogens is 230 g/mol. The van der Waals surface area contributed by atoms with Gasteiger partial charge in [-0.1, -0.05) is 0 Å². The number of aryl methyl sites for hydroxylation is 1. The van der Waals surface area contributed by atoms with Gasteiger partial charge in [0.25, 0.3) is 0 Å². The molecule has 6 heteroatoms. The molecule has 0 aliphatic heterocycles. The molecule has 2 rings (SSSR count). The normalized spacial score (nSPS) is 12.4. The van der Waals surface area contributed by atoms with Gasteiger partial charge >= 0.3 is 0 Å². The largest absolute Gasteiger partial charge is 0.493 e. The minimum Gasteiger partial charge on any atom is -0.493 e. The highest BCUT2D eigenvalue weighted by Gasteiger charge is 2.22. The van der Waals surface area contributed by atoms with Crippen molar-refractivity contribution in [2.24, 2.45) is 0 Å². The number of rotatable bonds is 5. The number of nitrogens with zero attached hydrogens (tertiary/aromatic N) is 4. The van der Waals surface area contributed by atoms with Gasteiger partial charge in [0.2, 0.25) is 0 Å². The Labute approximate surface area is 106 Å². The quantitative estimate of drug-likeness (QED) is 0.854. The first-order valence-electron chi connectivity index (χ1n) is 5.84. The molecule has 0 fully saturated rings. The van der Waals surface area contributed by atoms with E-state index in [1.54, 1.807) is 31.9 Å². The van der Waals surface area contributed by atoms with Gasteiger partial charge < -0.3 is 10.1 Å². The Bertz CT molecular complexity index is 475. The monoisotopic (exact) mass is 247 g/mol. The van der Waals surface area contributed by atoms with E-state index >= 15 is 0 Å². The molecule has 0 saturated carbocycles. The summed E-state index contributed by atoms with van der Waals surface area (Å²) in [6, 6.07) is -0.0869. The second-order valence-electron chi connectivity index (χ2n) is 3.77. The maximum absolute atomic E-state index is 5.36. The number of ether oxygens (including phenoxy) is 1. The van der Waals surface area contributed by atoms with Crippen LogP contribution in [0.3, 0.4) is 0 Å². The van der Waals surface area contributed by atoms with Crippen LogP contribution in [0.1, 0.15) is 24.4 Å². The third-order valence-electron chi connectivity index (χ3n) is 2.81. The van der Waals surface area contributed by atoms with Crippen LogP contribution >= 0.6 is 0 Å². The van der Waals surface area contributed by atoms with Crippen LogP contribution in [0.4, 0.5) is 0 Å². The van der Waals surface area contributed by atoms with Crippen molar-refractivity contribution in [1.82, 2.24) is 25.1 Å². The van der Waals surface area contributed by atoms with E-state index in [0.29, 0.717) is 0 Å². The molecule has 0 radical (unpaired) electrons. The Morgan fingerprint density at radius 1 is 1.39 bits per heavy atom. The summed E-state index contributed by atoms with van der Waals surface area (Å²) in [6.45, 7) is 2.82. The Morgan fingerprint density at radius 3 is 2.78 bits per heavy atom. The smallest absolute Gasteiger partial charge is 0.161 e. The fourth-order valence-corrected chi connectivity index (χ4v) is 1.96. The number of methoxy groups -OCH3 is 1. The van der Waals surface area contributed by atoms with Crippen molar-refractivity contribution in [3.63, 3.8) is 0 Å². The van der Waals surface area contributed by atoms with Crippen LogP contribution in [-0.4, -0.2) is 33.9 Å². The van der Waals surface area contributed by atoms with E-state index < -0.39 is 0 Å². The fraction of sp³-hybridized carbons (Fsp3) is 0.417. The van der Waals surface area contributed by atoms with Crippen LogP contribution in [0.5, 0.6) is 5.75 Å². The van der Waals surface area contributed by atoms with Crippen molar-refractivity contribution in [3.8, 4) is 5.75 Å². The van der Waals surface area contributed by atoms with E-state index in [2.05, 4.69) is 20.4 Å². The van der Waals surface area contributed by atoms with Gasteiger partial charge in [-0.3, -0.25) is 14.6 Å². The van der Waals surface area contributed by atoms with Gasteiger partial charge in [-0.15, -0.1) is 0 Å². The van der Waals surface area contributed by atoms with Crippen LogP contribution < -0.4 is 10.1 Å². The minimum absolute atomic E-state index is 0.0869. The van der Waals surface area contributed by atoms with Crippen LogP contribution in [0.25, 0.3) is 0 Å². The highest BCUT2D eigenvalue weighted by Crippen LogP contribution is 2.28. The van der Waals surface area contributed by atoms with Crippen LogP contribution in [0, 0.1) is 0 Å². The lowest BCUT2D eigenvalue weighted by molar-refractivity contribution is 0.400. The SMILES string of the molecule is CCn1ncc(OC)c1C(NC)c1cnccn1. The molecule has 0 bridgehead atoms. The van der Waals surface area contributed by atoms with Gasteiger partial charge in [0.05, 0.1) is 31.2 Å². The van der Waals surface area contributed by atoms with Crippen LogP contribution in [0.15, 0.2) is 24.8 Å². The Morgan fingerprint density at radius 2 is 2.22 bits per heavy atom. The van der Waals surface area contributed by atoms with E-state index in [0.717, 1.165) is 23.7 Å². The first-order valence-corrected chi connectivity index (χ1v) is 5.84. The van der Waals surface area contributed by atoms with E-state index in [4.69, 9.17) is 4.74 Å². The molecule has 0 aromatic carbocycles. The zero-order chi connectivity index (χ0) is 13.0. The molecular formula is C12H17N5O. The average Bonchev–Trinajstić information content (AvgIpc) is 2.84. The summed E-state index contributed by atoms with van der Waals surface area (Å²) in [5.41, 5.74) is 1.80. The molecule has 1 N–H and O–H groups in total. The van der Waals surface area contributed by atoms with Crippen molar-refractivity contribution in [2.75, 3.05) is 14.2 Å². The van der Waals surface area contributed by atoms with E-state index in [9.17, 15) is 0 Å². The molecule has 0 saturated heterocycles. The van der Waals surface area contributed by atoms with Gasteiger partial charge in [-0.25, -0.2) is 0 Å². The molecule has 0 aliphatic carbocycles. The molecule has 1 atom stereocenters. The number of hydrogen-bond acceptors (Lipinski definition) is 5. The van der Waals surface area contributed by atoms with Gasteiger partial charge in [-0.05, 0) is 14.0 Å².